The first-order valence-electron chi connectivity index (χ1n) is 9.60. The highest BCUT2D eigenvalue weighted by molar-refractivity contribution is 5.79. The highest BCUT2D eigenvalue weighted by Gasteiger charge is 2.34. The fourth-order valence-corrected chi connectivity index (χ4v) is 4.34. The van der Waals surface area contributed by atoms with Crippen LogP contribution in [0.15, 0.2) is 24.3 Å². The number of halogens is 1. The van der Waals surface area contributed by atoms with E-state index in [2.05, 4.69) is 21.3 Å². The lowest BCUT2D eigenvalue weighted by molar-refractivity contribution is -0.121. The van der Waals surface area contributed by atoms with Gasteiger partial charge in [0.25, 0.3) is 0 Å². The van der Waals surface area contributed by atoms with Gasteiger partial charge in [-0.2, -0.15) is 5.10 Å². The summed E-state index contributed by atoms with van der Waals surface area (Å²) < 4.78 is 14.9. The van der Waals surface area contributed by atoms with Crippen LogP contribution in [0.25, 0.3) is 5.69 Å². The highest BCUT2D eigenvalue weighted by Crippen LogP contribution is 2.27. The molecule has 2 heterocycles. The molecule has 2 fully saturated rings. The Bertz CT molecular complexity index is 832. The van der Waals surface area contributed by atoms with Gasteiger partial charge in [0, 0.05) is 29.9 Å². The van der Waals surface area contributed by atoms with Crippen LogP contribution < -0.4 is 16.2 Å². The lowest BCUT2D eigenvalue weighted by Crippen LogP contribution is -2.44. The molecule has 0 radical (unpaired) electrons. The number of benzene rings is 1. The molecule has 3 unspecified atom stereocenters. The Morgan fingerprint density at radius 3 is 2.85 bits per heavy atom. The number of hydrazine groups is 1. The number of carbonyl (C=O) groups excluding carboxylic acids is 1. The Kier molecular flexibility index (Phi) is 4.97. The summed E-state index contributed by atoms with van der Waals surface area (Å²) in [6.45, 7) is 4.84. The lowest BCUT2D eigenvalue weighted by atomic mass is 9.83. The van der Waals surface area contributed by atoms with Crippen LogP contribution in [0, 0.1) is 25.6 Å². The van der Waals surface area contributed by atoms with Gasteiger partial charge in [-0.1, -0.05) is 0 Å². The van der Waals surface area contributed by atoms with E-state index in [1.54, 1.807) is 16.8 Å². The fourth-order valence-electron chi connectivity index (χ4n) is 4.34. The third-order valence-electron chi connectivity index (χ3n) is 5.85. The first kappa shape index (κ1) is 18.1. The maximum atomic E-state index is 13.2. The second-order valence-corrected chi connectivity index (χ2v) is 7.68. The minimum absolute atomic E-state index is 0.0437. The molecule has 0 bridgehead atoms. The molecule has 4 rings (SSSR count). The molecule has 1 saturated carbocycles. The minimum Gasteiger partial charge on any atom is -0.353 e. The Hall–Kier alpha value is -2.25. The molecule has 1 aliphatic carbocycles. The van der Waals surface area contributed by atoms with Crippen molar-refractivity contribution in [1.82, 2.24) is 25.9 Å². The van der Waals surface area contributed by atoms with Crippen molar-refractivity contribution in [2.24, 2.45) is 5.92 Å². The van der Waals surface area contributed by atoms with Crippen molar-refractivity contribution in [1.29, 1.82) is 0 Å². The van der Waals surface area contributed by atoms with Gasteiger partial charge in [-0.25, -0.2) is 9.07 Å². The number of aryl methyl sites for hydroxylation is 1. The Morgan fingerprint density at radius 1 is 1.30 bits per heavy atom. The van der Waals surface area contributed by atoms with Crippen LogP contribution in [0.3, 0.4) is 0 Å². The predicted octanol–water partition coefficient (Wildman–Crippen LogP) is 1.93. The van der Waals surface area contributed by atoms with Gasteiger partial charge >= 0.3 is 0 Å². The molecule has 1 amide bonds. The van der Waals surface area contributed by atoms with Gasteiger partial charge in [-0.15, -0.1) is 0 Å². The van der Waals surface area contributed by atoms with Crippen molar-refractivity contribution in [3.63, 3.8) is 0 Å². The topological polar surface area (TPSA) is 71.0 Å². The van der Waals surface area contributed by atoms with Crippen molar-refractivity contribution < 1.29 is 9.18 Å². The molecule has 27 heavy (non-hydrogen) atoms. The van der Waals surface area contributed by atoms with E-state index in [-0.39, 0.29) is 17.8 Å². The number of hydrogen-bond acceptors (Lipinski definition) is 4. The second-order valence-electron chi connectivity index (χ2n) is 7.68. The molecular formula is C20H26FN5O. The van der Waals surface area contributed by atoms with Crippen LogP contribution >= 0.6 is 0 Å². The van der Waals surface area contributed by atoms with Crippen LogP contribution in [0.1, 0.15) is 36.2 Å². The molecule has 2 aliphatic rings. The van der Waals surface area contributed by atoms with Gasteiger partial charge in [0.05, 0.1) is 17.8 Å². The van der Waals surface area contributed by atoms with E-state index in [0.717, 1.165) is 48.4 Å². The van der Waals surface area contributed by atoms with Gasteiger partial charge in [-0.05, 0) is 63.3 Å². The average molecular weight is 371 g/mol. The van der Waals surface area contributed by atoms with Crippen LogP contribution in [0.4, 0.5) is 4.39 Å². The van der Waals surface area contributed by atoms with E-state index in [1.807, 2.05) is 13.8 Å². The number of amides is 1. The van der Waals surface area contributed by atoms with Crippen molar-refractivity contribution in [3.05, 3.63) is 47.0 Å². The molecule has 3 atom stereocenters. The lowest BCUT2D eigenvalue weighted by Gasteiger charge is -2.31. The molecule has 1 aliphatic heterocycles. The molecule has 7 heteroatoms. The largest absolute Gasteiger partial charge is 0.353 e. The van der Waals surface area contributed by atoms with Crippen molar-refractivity contribution in [2.45, 2.75) is 51.6 Å². The van der Waals surface area contributed by atoms with Crippen molar-refractivity contribution in [2.75, 3.05) is 6.54 Å². The number of hydrogen-bond donors (Lipinski definition) is 3. The standard InChI is InChI=1S/C20H26FN5O/c1-12-18(13(2)26(25-12)17-6-3-15(21)4-7-17)10-20(27)23-16-5-8-19-14(9-16)11-22-24-19/h3-4,6-7,14,16,19,22,24H,5,8-11H2,1-2H3,(H,23,27). The van der Waals surface area contributed by atoms with E-state index < -0.39 is 0 Å². The summed E-state index contributed by atoms with van der Waals surface area (Å²) in [5.74, 6) is 0.359. The van der Waals surface area contributed by atoms with Crippen molar-refractivity contribution >= 4 is 5.91 Å². The SMILES string of the molecule is Cc1nn(-c2ccc(F)cc2)c(C)c1CC(=O)NC1CCC2NNCC2C1. The Labute approximate surface area is 158 Å². The van der Waals surface area contributed by atoms with Gasteiger partial charge in [0.1, 0.15) is 5.82 Å². The number of carbonyl (C=O) groups is 1. The molecule has 0 spiro atoms. The maximum Gasteiger partial charge on any atom is 0.224 e. The third-order valence-corrected chi connectivity index (χ3v) is 5.85. The smallest absolute Gasteiger partial charge is 0.224 e. The molecule has 144 valence electrons. The molecule has 6 nitrogen and oxygen atoms in total. The zero-order valence-corrected chi connectivity index (χ0v) is 15.8. The zero-order chi connectivity index (χ0) is 19.0. The summed E-state index contributed by atoms with van der Waals surface area (Å²) in [5, 5.41) is 7.76. The van der Waals surface area contributed by atoms with Gasteiger partial charge in [0.15, 0.2) is 0 Å². The van der Waals surface area contributed by atoms with Crippen molar-refractivity contribution in [3.8, 4) is 5.69 Å². The molecular weight excluding hydrogens is 345 g/mol. The van der Waals surface area contributed by atoms with Crippen LogP contribution in [-0.2, 0) is 11.2 Å². The zero-order valence-electron chi connectivity index (χ0n) is 15.8. The summed E-state index contributed by atoms with van der Waals surface area (Å²) in [7, 11) is 0. The van der Waals surface area contributed by atoms with E-state index in [0.29, 0.717) is 18.4 Å². The first-order valence-corrected chi connectivity index (χ1v) is 9.60. The second kappa shape index (κ2) is 7.40. The molecule has 1 saturated heterocycles. The quantitative estimate of drug-likeness (QED) is 0.768. The number of fused-ring (bicyclic) bond motifs is 1. The summed E-state index contributed by atoms with van der Waals surface area (Å²) in [6.07, 6.45) is 3.43. The summed E-state index contributed by atoms with van der Waals surface area (Å²) in [4.78, 5) is 12.6. The van der Waals surface area contributed by atoms with Gasteiger partial charge < -0.3 is 5.32 Å². The first-order chi connectivity index (χ1) is 13.0. The van der Waals surface area contributed by atoms with E-state index in [4.69, 9.17) is 0 Å². The average Bonchev–Trinajstić information content (AvgIpc) is 3.22. The highest BCUT2D eigenvalue weighted by atomic mass is 19.1. The van der Waals surface area contributed by atoms with Crippen LogP contribution in [0.2, 0.25) is 0 Å². The van der Waals surface area contributed by atoms with Gasteiger partial charge in [-0.3, -0.25) is 15.6 Å². The molecule has 2 aromatic rings. The normalized spacial score (nSPS) is 24.6. The molecule has 3 N–H and O–H groups in total. The molecule has 1 aromatic heterocycles. The maximum absolute atomic E-state index is 13.2. The number of aromatic nitrogens is 2. The Morgan fingerprint density at radius 2 is 2.07 bits per heavy atom. The summed E-state index contributed by atoms with van der Waals surface area (Å²) >= 11 is 0. The Balaban J connectivity index is 1.43. The predicted molar refractivity (Wildman–Crippen MR) is 101 cm³/mol. The fraction of sp³-hybridized carbons (Fsp3) is 0.500. The van der Waals surface area contributed by atoms with E-state index in [9.17, 15) is 9.18 Å². The number of rotatable bonds is 4. The third kappa shape index (κ3) is 3.75. The number of nitrogens with one attached hydrogen (secondary N) is 3. The van der Waals surface area contributed by atoms with Gasteiger partial charge in [0.2, 0.25) is 5.91 Å². The summed E-state index contributed by atoms with van der Waals surface area (Å²) in [5.41, 5.74) is 10.0. The van der Waals surface area contributed by atoms with E-state index >= 15 is 0 Å². The molecule has 1 aromatic carbocycles. The minimum atomic E-state index is -0.276. The monoisotopic (exact) mass is 371 g/mol. The summed E-state index contributed by atoms with van der Waals surface area (Å²) in [6, 6.07) is 7.01. The van der Waals surface area contributed by atoms with E-state index in [1.165, 1.54) is 12.1 Å². The van der Waals surface area contributed by atoms with Crippen LogP contribution in [-0.4, -0.2) is 34.3 Å². The van der Waals surface area contributed by atoms with Crippen LogP contribution in [0.5, 0.6) is 0 Å². The number of nitrogens with zero attached hydrogens (tertiary/aromatic N) is 2.